The first-order chi connectivity index (χ1) is 15.1. The molecule has 1 unspecified atom stereocenters. The van der Waals surface area contributed by atoms with E-state index in [9.17, 15) is 9.59 Å². The molecule has 1 aliphatic heterocycles. The third kappa shape index (κ3) is 5.40. The number of benzene rings is 3. The van der Waals surface area contributed by atoms with Crippen molar-refractivity contribution in [2.45, 2.75) is 19.0 Å². The molecule has 0 radical (unpaired) electrons. The monoisotopic (exact) mass is 477 g/mol. The van der Waals surface area contributed by atoms with Crippen LogP contribution in [0, 0.1) is 0 Å². The number of para-hydroxylation sites is 1. The molecular formula is C25H24BrN3O2. The van der Waals surface area contributed by atoms with Gasteiger partial charge in [0, 0.05) is 30.1 Å². The molecule has 5 nitrogen and oxygen atoms in total. The molecule has 158 valence electrons. The summed E-state index contributed by atoms with van der Waals surface area (Å²) in [6, 6.07) is 24.7. The molecule has 2 amide bonds. The van der Waals surface area contributed by atoms with Crippen LogP contribution < -0.4 is 10.6 Å². The molecule has 1 atom stereocenters. The predicted molar refractivity (Wildman–Crippen MR) is 126 cm³/mol. The summed E-state index contributed by atoms with van der Waals surface area (Å²) < 4.78 is 0.707. The summed E-state index contributed by atoms with van der Waals surface area (Å²) in [6.07, 6.45) is 0.907. The Morgan fingerprint density at radius 2 is 1.55 bits per heavy atom. The summed E-state index contributed by atoms with van der Waals surface area (Å²) in [5, 5.41) is 6.01. The number of hydrogen-bond acceptors (Lipinski definition) is 3. The van der Waals surface area contributed by atoms with Crippen LogP contribution >= 0.6 is 15.9 Å². The van der Waals surface area contributed by atoms with Gasteiger partial charge in [-0.25, -0.2) is 0 Å². The van der Waals surface area contributed by atoms with Crippen LogP contribution in [0.2, 0.25) is 0 Å². The molecule has 3 aromatic rings. The number of amides is 2. The maximum absolute atomic E-state index is 13.0. The molecule has 0 aromatic heterocycles. The van der Waals surface area contributed by atoms with Crippen molar-refractivity contribution in [1.29, 1.82) is 0 Å². The van der Waals surface area contributed by atoms with Gasteiger partial charge in [-0.05, 0) is 52.2 Å². The normalized spacial score (nSPS) is 16.1. The van der Waals surface area contributed by atoms with Crippen molar-refractivity contribution in [2.24, 2.45) is 0 Å². The Labute approximate surface area is 190 Å². The molecule has 1 saturated heterocycles. The van der Waals surface area contributed by atoms with Gasteiger partial charge in [-0.2, -0.15) is 0 Å². The SMILES string of the molecule is O=C(Nc1ccccc1C(=O)NC1CCN(Cc2ccccc2)C1)c1ccccc1Br. The number of likely N-dealkylation sites (tertiary alicyclic amines) is 1. The number of nitrogens with zero attached hydrogens (tertiary/aromatic N) is 1. The number of nitrogens with one attached hydrogen (secondary N) is 2. The average molecular weight is 478 g/mol. The van der Waals surface area contributed by atoms with E-state index < -0.39 is 0 Å². The summed E-state index contributed by atoms with van der Waals surface area (Å²) in [4.78, 5) is 28.0. The Morgan fingerprint density at radius 1 is 0.871 bits per heavy atom. The lowest BCUT2D eigenvalue weighted by molar-refractivity contribution is 0.0938. The highest BCUT2D eigenvalue weighted by Gasteiger charge is 2.25. The lowest BCUT2D eigenvalue weighted by atomic mass is 10.1. The minimum absolute atomic E-state index is 0.0863. The van der Waals surface area contributed by atoms with E-state index in [4.69, 9.17) is 0 Å². The molecule has 0 bridgehead atoms. The van der Waals surface area contributed by atoms with Crippen molar-refractivity contribution in [3.8, 4) is 0 Å². The van der Waals surface area contributed by atoms with Crippen molar-refractivity contribution in [3.05, 3.63) is 100 Å². The molecule has 1 aliphatic rings. The van der Waals surface area contributed by atoms with E-state index in [1.54, 1.807) is 30.3 Å². The van der Waals surface area contributed by atoms with Crippen LogP contribution in [0.3, 0.4) is 0 Å². The first-order valence-corrected chi connectivity index (χ1v) is 11.1. The second-order valence-electron chi connectivity index (χ2n) is 7.66. The molecule has 31 heavy (non-hydrogen) atoms. The van der Waals surface area contributed by atoms with Gasteiger partial charge in [0.25, 0.3) is 11.8 Å². The van der Waals surface area contributed by atoms with E-state index in [0.29, 0.717) is 21.3 Å². The van der Waals surface area contributed by atoms with Crippen LogP contribution in [-0.4, -0.2) is 35.8 Å². The summed E-state index contributed by atoms with van der Waals surface area (Å²) >= 11 is 3.40. The standard InChI is InChI=1S/C25H24BrN3O2/c26-22-12-6-4-10-20(22)24(30)28-23-13-7-5-11-21(23)25(31)27-19-14-15-29(17-19)16-18-8-2-1-3-9-18/h1-13,19H,14-17H2,(H,27,31)(H,28,30). The van der Waals surface area contributed by atoms with Gasteiger partial charge in [0.2, 0.25) is 0 Å². The van der Waals surface area contributed by atoms with E-state index >= 15 is 0 Å². The first-order valence-electron chi connectivity index (χ1n) is 10.3. The third-order valence-electron chi connectivity index (χ3n) is 5.39. The Kier molecular flexibility index (Phi) is 6.79. The minimum atomic E-state index is -0.261. The van der Waals surface area contributed by atoms with E-state index in [1.807, 2.05) is 36.4 Å². The Bertz CT molecular complexity index is 1070. The van der Waals surface area contributed by atoms with Crippen molar-refractivity contribution >= 4 is 33.4 Å². The smallest absolute Gasteiger partial charge is 0.256 e. The highest BCUT2D eigenvalue weighted by Crippen LogP contribution is 2.21. The van der Waals surface area contributed by atoms with Gasteiger partial charge in [-0.1, -0.05) is 54.6 Å². The fourth-order valence-corrected chi connectivity index (χ4v) is 4.29. The highest BCUT2D eigenvalue weighted by molar-refractivity contribution is 9.10. The van der Waals surface area contributed by atoms with Gasteiger partial charge in [-0.15, -0.1) is 0 Å². The van der Waals surface area contributed by atoms with Gasteiger partial charge < -0.3 is 10.6 Å². The minimum Gasteiger partial charge on any atom is -0.348 e. The topological polar surface area (TPSA) is 61.4 Å². The number of carbonyl (C=O) groups is 2. The van der Waals surface area contributed by atoms with Crippen LogP contribution in [0.25, 0.3) is 0 Å². The number of anilines is 1. The second-order valence-corrected chi connectivity index (χ2v) is 8.51. The lowest BCUT2D eigenvalue weighted by Gasteiger charge is -2.18. The van der Waals surface area contributed by atoms with Crippen molar-refractivity contribution in [1.82, 2.24) is 10.2 Å². The molecular weight excluding hydrogens is 454 g/mol. The molecule has 6 heteroatoms. The summed E-state index contributed by atoms with van der Waals surface area (Å²) in [5.74, 6) is -0.433. The first kappa shape index (κ1) is 21.3. The van der Waals surface area contributed by atoms with Crippen LogP contribution in [0.4, 0.5) is 5.69 Å². The third-order valence-corrected chi connectivity index (χ3v) is 6.09. The van der Waals surface area contributed by atoms with E-state index in [1.165, 1.54) is 5.56 Å². The van der Waals surface area contributed by atoms with Gasteiger partial charge in [0.1, 0.15) is 0 Å². The van der Waals surface area contributed by atoms with Crippen molar-refractivity contribution in [3.63, 3.8) is 0 Å². The fourth-order valence-electron chi connectivity index (χ4n) is 3.82. The van der Waals surface area contributed by atoms with E-state index in [2.05, 4.69) is 43.6 Å². The summed E-state index contributed by atoms with van der Waals surface area (Å²) in [7, 11) is 0. The van der Waals surface area contributed by atoms with E-state index in [0.717, 1.165) is 26.1 Å². The van der Waals surface area contributed by atoms with Gasteiger partial charge in [-0.3, -0.25) is 14.5 Å². The number of rotatable bonds is 6. The summed E-state index contributed by atoms with van der Waals surface area (Å²) in [5.41, 5.74) is 2.75. The zero-order valence-corrected chi connectivity index (χ0v) is 18.6. The lowest BCUT2D eigenvalue weighted by Crippen LogP contribution is -2.37. The molecule has 2 N–H and O–H groups in total. The maximum Gasteiger partial charge on any atom is 0.256 e. The second kappa shape index (κ2) is 9.90. The Balaban J connectivity index is 1.39. The van der Waals surface area contributed by atoms with Gasteiger partial charge in [0.05, 0.1) is 16.8 Å². The Morgan fingerprint density at radius 3 is 2.32 bits per heavy atom. The molecule has 0 spiro atoms. The van der Waals surface area contributed by atoms with Crippen LogP contribution in [-0.2, 0) is 6.54 Å². The van der Waals surface area contributed by atoms with Crippen LogP contribution in [0.5, 0.6) is 0 Å². The highest BCUT2D eigenvalue weighted by atomic mass is 79.9. The molecule has 0 saturated carbocycles. The van der Waals surface area contributed by atoms with Crippen LogP contribution in [0.1, 0.15) is 32.7 Å². The number of halogens is 1. The number of hydrogen-bond donors (Lipinski definition) is 2. The molecule has 0 aliphatic carbocycles. The van der Waals surface area contributed by atoms with Gasteiger partial charge >= 0.3 is 0 Å². The zero-order chi connectivity index (χ0) is 21.6. The number of carbonyl (C=O) groups excluding carboxylic acids is 2. The zero-order valence-electron chi connectivity index (χ0n) is 17.1. The Hall–Kier alpha value is -2.96. The van der Waals surface area contributed by atoms with Crippen LogP contribution in [0.15, 0.2) is 83.3 Å². The molecule has 1 heterocycles. The predicted octanol–water partition coefficient (Wildman–Crippen LogP) is 4.71. The van der Waals surface area contributed by atoms with E-state index in [-0.39, 0.29) is 17.9 Å². The van der Waals surface area contributed by atoms with Gasteiger partial charge in [0.15, 0.2) is 0 Å². The molecule has 3 aromatic carbocycles. The average Bonchev–Trinajstić information content (AvgIpc) is 3.21. The molecule has 4 rings (SSSR count). The maximum atomic E-state index is 13.0. The fraction of sp³-hybridized carbons (Fsp3) is 0.200. The largest absolute Gasteiger partial charge is 0.348 e. The summed E-state index contributed by atoms with van der Waals surface area (Å²) in [6.45, 7) is 2.64. The van der Waals surface area contributed by atoms with Crippen molar-refractivity contribution in [2.75, 3.05) is 18.4 Å². The quantitative estimate of drug-likeness (QED) is 0.540. The molecule has 1 fully saturated rings. The van der Waals surface area contributed by atoms with Crippen molar-refractivity contribution < 1.29 is 9.59 Å².